The van der Waals surface area contributed by atoms with Crippen LogP contribution in [0.15, 0.2) is 12.4 Å². The van der Waals surface area contributed by atoms with Crippen LogP contribution in [0.4, 0.5) is 5.82 Å². The second kappa shape index (κ2) is 6.54. The summed E-state index contributed by atoms with van der Waals surface area (Å²) in [7, 11) is 0. The summed E-state index contributed by atoms with van der Waals surface area (Å²) in [5.74, 6) is 1.97. The summed E-state index contributed by atoms with van der Waals surface area (Å²) in [5.41, 5.74) is 5.86. The van der Waals surface area contributed by atoms with Gasteiger partial charge in [0.2, 0.25) is 5.88 Å². The lowest BCUT2D eigenvalue weighted by atomic mass is 9.98. The largest absolute Gasteiger partial charge is 0.477 e. The fraction of sp³-hybridized carbons (Fsp3) is 0.692. The van der Waals surface area contributed by atoms with Gasteiger partial charge in [0.05, 0.1) is 19.0 Å². The van der Waals surface area contributed by atoms with E-state index in [0.717, 1.165) is 5.82 Å². The molecule has 0 aromatic carbocycles. The summed E-state index contributed by atoms with van der Waals surface area (Å²) in [6.07, 6.45) is 8.49. The second-order valence-corrected chi connectivity index (χ2v) is 4.71. The third kappa shape index (κ3) is 3.32. The molecule has 1 heterocycles. The highest BCUT2D eigenvalue weighted by Gasteiger charge is 2.24. The van der Waals surface area contributed by atoms with Crippen LogP contribution in [0.1, 0.15) is 32.6 Å². The average Bonchev–Trinajstić information content (AvgIpc) is 2.90. The Morgan fingerprint density at radius 1 is 1.44 bits per heavy atom. The number of hydrogen-bond acceptors (Lipinski definition) is 5. The Hall–Kier alpha value is -1.36. The van der Waals surface area contributed by atoms with Gasteiger partial charge in [-0.15, -0.1) is 0 Å². The van der Waals surface area contributed by atoms with Crippen LogP contribution in [-0.4, -0.2) is 29.2 Å². The van der Waals surface area contributed by atoms with Crippen LogP contribution in [0, 0.1) is 5.92 Å². The Kier molecular flexibility index (Phi) is 4.75. The van der Waals surface area contributed by atoms with Crippen molar-refractivity contribution in [1.82, 2.24) is 9.97 Å². The third-order valence-electron chi connectivity index (χ3n) is 3.46. The summed E-state index contributed by atoms with van der Waals surface area (Å²) >= 11 is 0. The first kappa shape index (κ1) is 13.1. The molecule has 0 amide bonds. The minimum absolute atomic E-state index is 0.290. The van der Waals surface area contributed by atoms with Crippen molar-refractivity contribution in [3.05, 3.63) is 12.4 Å². The normalized spacial score (nSPS) is 17.7. The molecule has 0 saturated heterocycles. The number of nitrogens with zero attached hydrogens (tertiary/aromatic N) is 2. The second-order valence-electron chi connectivity index (χ2n) is 4.71. The molecular formula is C13H22N4O. The fourth-order valence-corrected chi connectivity index (χ4v) is 2.55. The monoisotopic (exact) mass is 250 g/mol. The maximum atomic E-state index is 5.86. The van der Waals surface area contributed by atoms with E-state index in [4.69, 9.17) is 10.5 Å². The van der Waals surface area contributed by atoms with Crippen LogP contribution in [-0.2, 0) is 0 Å². The van der Waals surface area contributed by atoms with Gasteiger partial charge in [0.15, 0.2) is 0 Å². The van der Waals surface area contributed by atoms with Gasteiger partial charge in [-0.1, -0.05) is 12.8 Å². The highest BCUT2D eigenvalue weighted by Crippen LogP contribution is 2.28. The average molecular weight is 250 g/mol. The van der Waals surface area contributed by atoms with Gasteiger partial charge in [-0.3, -0.25) is 4.98 Å². The highest BCUT2D eigenvalue weighted by molar-refractivity contribution is 5.35. The zero-order chi connectivity index (χ0) is 12.8. The topological polar surface area (TPSA) is 73.1 Å². The molecule has 3 N–H and O–H groups in total. The van der Waals surface area contributed by atoms with E-state index in [1.165, 1.54) is 25.7 Å². The van der Waals surface area contributed by atoms with Crippen molar-refractivity contribution in [1.29, 1.82) is 0 Å². The minimum Gasteiger partial charge on any atom is -0.477 e. The summed E-state index contributed by atoms with van der Waals surface area (Å²) in [6.45, 7) is 3.16. The molecule has 18 heavy (non-hydrogen) atoms. The van der Waals surface area contributed by atoms with Crippen LogP contribution in [0.25, 0.3) is 0 Å². The van der Waals surface area contributed by atoms with E-state index in [1.807, 2.05) is 6.92 Å². The van der Waals surface area contributed by atoms with E-state index in [9.17, 15) is 0 Å². The lowest BCUT2D eigenvalue weighted by Crippen LogP contribution is -2.35. The lowest BCUT2D eigenvalue weighted by Gasteiger charge is -2.23. The summed E-state index contributed by atoms with van der Waals surface area (Å²) in [6, 6.07) is 0.290. The van der Waals surface area contributed by atoms with Crippen LogP contribution < -0.4 is 15.8 Å². The van der Waals surface area contributed by atoms with Gasteiger partial charge in [0.1, 0.15) is 5.82 Å². The molecule has 2 rings (SSSR count). The molecule has 5 nitrogen and oxygen atoms in total. The molecular weight excluding hydrogens is 228 g/mol. The molecule has 1 aliphatic rings. The third-order valence-corrected chi connectivity index (χ3v) is 3.46. The van der Waals surface area contributed by atoms with Crippen LogP contribution in [0.5, 0.6) is 5.88 Å². The van der Waals surface area contributed by atoms with Gasteiger partial charge in [-0.05, 0) is 25.7 Å². The van der Waals surface area contributed by atoms with E-state index in [0.29, 0.717) is 31.0 Å². The Morgan fingerprint density at radius 3 is 2.89 bits per heavy atom. The van der Waals surface area contributed by atoms with Crippen LogP contribution in [0.3, 0.4) is 0 Å². The molecule has 100 valence electrons. The molecule has 1 fully saturated rings. The van der Waals surface area contributed by atoms with Gasteiger partial charge < -0.3 is 15.8 Å². The number of aromatic nitrogens is 2. The molecule has 1 aliphatic carbocycles. The van der Waals surface area contributed by atoms with Gasteiger partial charge in [-0.2, -0.15) is 4.98 Å². The predicted molar refractivity (Wildman–Crippen MR) is 71.6 cm³/mol. The number of nitrogens with one attached hydrogen (secondary N) is 1. The van der Waals surface area contributed by atoms with E-state index >= 15 is 0 Å². The highest BCUT2D eigenvalue weighted by atomic mass is 16.5. The smallest absolute Gasteiger partial charge is 0.234 e. The zero-order valence-electron chi connectivity index (χ0n) is 10.9. The molecule has 0 spiro atoms. The minimum atomic E-state index is 0.290. The lowest BCUT2D eigenvalue weighted by molar-refractivity contribution is 0.325. The van der Waals surface area contributed by atoms with Crippen LogP contribution in [0.2, 0.25) is 0 Å². The van der Waals surface area contributed by atoms with E-state index in [-0.39, 0.29) is 0 Å². The molecule has 5 heteroatoms. The quantitative estimate of drug-likeness (QED) is 0.805. The maximum absolute atomic E-state index is 5.86. The fourth-order valence-electron chi connectivity index (χ4n) is 2.55. The standard InChI is InChI=1S/C13H22N4O/c1-2-18-13-9-15-8-12(17-13)16-11(7-14)10-5-3-4-6-10/h8-11H,2-7,14H2,1H3,(H,16,17). The van der Waals surface area contributed by atoms with Crippen molar-refractivity contribution in [2.45, 2.75) is 38.6 Å². The number of rotatable bonds is 6. The molecule has 0 aliphatic heterocycles. The van der Waals surface area contributed by atoms with Gasteiger partial charge in [0.25, 0.3) is 0 Å². The number of anilines is 1. The molecule has 1 saturated carbocycles. The maximum Gasteiger partial charge on any atom is 0.234 e. The molecule has 1 atom stereocenters. The molecule has 1 aromatic heterocycles. The number of nitrogens with two attached hydrogens (primary N) is 1. The SMILES string of the molecule is CCOc1cncc(NC(CN)C2CCCC2)n1. The van der Waals surface area contributed by atoms with Crippen molar-refractivity contribution in [3.63, 3.8) is 0 Å². The molecule has 1 unspecified atom stereocenters. The summed E-state index contributed by atoms with van der Waals surface area (Å²) in [4.78, 5) is 8.50. The van der Waals surface area contributed by atoms with Crippen molar-refractivity contribution in [3.8, 4) is 5.88 Å². The molecule has 0 bridgehead atoms. The van der Waals surface area contributed by atoms with E-state index < -0.39 is 0 Å². The predicted octanol–water partition coefficient (Wildman–Crippen LogP) is 1.80. The van der Waals surface area contributed by atoms with Gasteiger partial charge >= 0.3 is 0 Å². The zero-order valence-corrected chi connectivity index (χ0v) is 10.9. The Balaban J connectivity index is 1.99. The van der Waals surface area contributed by atoms with E-state index in [2.05, 4.69) is 15.3 Å². The number of ether oxygens (including phenoxy) is 1. The Morgan fingerprint density at radius 2 is 2.22 bits per heavy atom. The molecule has 0 radical (unpaired) electrons. The van der Waals surface area contributed by atoms with E-state index in [1.54, 1.807) is 12.4 Å². The van der Waals surface area contributed by atoms with Crippen molar-refractivity contribution in [2.24, 2.45) is 11.7 Å². The summed E-state index contributed by atoms with van der Waals surface area (Å²) < 4.78 is 5.34. The first-order valence-corrected chi connectivity index (χ1v) is 6.75. The van der Waals surface area contributed by atoms with Crippen molar-refractivity contribution < 1.29 is 4.74 Å². The Labute approximate surface area is 108 Å². The van der Waals surface area contributed by atoms with Crippen molar-refractivity contribution >= 4 is 5.82 Å². The molecule has 1 aromatic rings. The Bertz CT molecular complexity index is 366. The number of hydrogen-bond donors (Lipinski definition) is 2. The van der Waals surface area contributed by atoms with Crippen molar-refractivity contribution in [2.75, 3.05) is 18.5 Å². The van der Waals surface area contributed by atoms with Gasteiger partial charge in [-0.25, -0.2) is 0 Å². The van der Waals surface area contributed by atoms with Crippen LogP contribution >= 0.6 is 0 Å². The first-order chi connectivity index (χ1) is 8.83. The summed E-state index contributed by atoms with van der Waals surface area (Å²) in [5, 5.41) is 3.39. The first-order valence-electron chi connectivity index (χ1n) is 6.75. The van der Waals surface area contributed by atoms with Gasteiger partial charge in [0, 0.05) is 12.6 Å².